The van der Waals surface area contributed by atoms with Crippen LogP contribution in [0.5, 0.6) is 0 Å². The zero-order chi connectivity index (χ0) is 22.8. The standard InChI is InChI=1S/C22H24ClN3O6/c23-14-7-3-2-6-13(14)19(28)24-15-8-4-1-5-12-9-10-17(26(12)21(15)30)20(29)25-16-11-18(27)32-22(16)31/h1-4,6-7,12,15-17,22,31H,5,8-11H2,(H,24,28)(H,25,29)/t12-,15+,16?,17+,22?/m1/s1. The van der Waals surface area contributed by atoms with Crippen molar-refractivity contribution >= 4 is 35.3 Å². The SMILES string of the molecule is O=C1CC(NC(=O)[C@@H]2CC[C@H]3CC=CC[C@H](NC(=O)c4ccccc4Cl)C(=O)N32)C(O)O1. The van der Waals surface area contributed by atoms with Gasteiger partial charge >= 0.3 is 5.97 Å². The van der Waals surface area contributed by atoms with Crippen LogP contribution in [0, 0.1) is 0 Å². The van der Waals surface area contributed by atoms with E-state index in [9.17, 15) is 24.3 Å². The lowest BCUT2D eigenvalue weighted by Gasteiger charge is -2.34. The summed E-state index contributed by atoms with van der Waals surface area (Å²) < 4.78 is 4.67. The minimum absolute atomic E-state index is 0.129. The first-order chi connectivity index (χ1) is 15.3. The van der Waals surface area contributed by atoms with Crippen LogP contribution in [0.2, 0.25) is 5.02 Å². The highest BCUT2D eigenvalue weighted by molar-refractivity contribution is 6.33. The summed E-state index contributed by atoms with van der Waals surface area (Å²) in [4.78, 5) is 52.0. The van der Waals surface area contributed by atoms with Crippen molar-refractivity contribution in [3.8, 4) is 0 Å². The summed E-state index contributed by atoms with van der Waals surface area (Å²) in [6.45, 7) is 0. The van der Waals surface area contributed by atoms with Crippen molar-refractivity contribution in [1.29, 1.82) is 0 Å². The lowest BCUT2D eigenvalue weighted by Crippen LogP contribution is -2.57. The molecule has 2 fully saturated rings. The molecule has 9 nitrogen and oxygen atoms in total. The predicted molar refractivity (Wildman–Crippen MR) is 113 cm³/mol. The van der Waals surface area contributed by atoms with Gasteiger partial charge in [-0.2, -0.15) is 0 Å². The number of aliphatic hydroxyl groups excluding tert-OH is 1. The Labute approximate surface area is 189 Å². The summed E-state index contributed by atoms with van der Waals surface area (Å²) in [6.07, 6.45) is 4.24. The van der Waals surface area contributed by atoms with E-state index in [0.29, 0.717) is 19.3 Å². The largest absolute Gasteiger partial charge is 0.434 e. The summed E-state index contributed by atoms with van der Waals surface area (Å²) in [7, 11) is 0. The molecule has 2 unspecified atom stereocenters. The number of carbonyl (C=O) groups is 4. The lowest BCUT2D eigenvalue weighted by molar-refractivity contribution is -0.155. The molecular weight excluding hydrogens is 438 g/mol. The number of aliphatic hydroxyl groups is 1. The molecule has 32 heavy (non-hydrogen) atoms. The fourth-order valence-electron chi connectivity index (χ4n) is 4.42. The van der Waals surface area contributed by atoms with Crippen molar-refractivity contribution in [3.05, 3.63) is 47.0 Å². The van der Waals surface area contributed by atoms with Crippen molar-refractivity contribution in [3.63, 3.8) is 0 Å². The van der Waals surface area contributed by atoms with Crippen LogP contribution >= 0.6 is 11.6 Å². The number of cyclic esters (lactones) is 1. The number of hydrogen-bond donors (Lipinski definition) is 3. The van der Waals surface area contributed by atoms with E-state index in [-0.39, 0.29) is 35.4 Å². The molecule has 1 aromatic rings. The van der Waals surface area contributed by atoms with Crippen molar-refractivity contribution in [1.82, 2.24) is 15.5 Å². The third-order valence-corrected chi connectivity index (χ3v) is 6.37. The first-order valence-electron chi connectivity index (χ1n) is 10.6. The smallest absolute Gasteiger partial charge is 0.310 e. The molecule has 3 heterocycles. The predicted octanol–water partition coefficient (Wildman–Crippen LogP) is 0.898. The molecule has 10 heteroatoms. The van der Waals surface area contributed by atoms with Gasteiger partial charge in [0.05, 0.1) is 17.0 Å². The van der Waals surface area contributed by atoms with Gasteiger partial charge in [-0.1, -0.05) is 35.9 Å². The van der Waals surface area contributed by atoms with Gasteiger partial charge in [0, 0.05) is 6.04 Å². The van der Waals surface area contributed by atoms with Crippen LogP contribution < -0.4 is 10.6 Å². The lowest BCUT2D eigenvalue weighted by atomic mass is 10.0. The van der Waals surface area contributed by atoms with Gasteiger partial charge in [-0.05, 0) is 37.8 Å². The Kier molecular flexibility index (Phi) is 6.48. The molecule has 2 saturated heterocycles. The number of fused-ring (bicyclic) bond motifs is 1. The number of carbonyl (C=O) groups excluding carboxylic acids is 4. The Morgan fingerprint density at radius 3 is 2.56 bits per heavy atom. The van der Waals surface area contributed by atoms with Crippen LogP contribution in [0.15, 0.2) is 36.4 Å². The number of hydrogen-bond acceptors (Lipinski definition) is 6. The summed E-state index contributed by atoms with van der Waals surface area (Å²) in [5.41, 5.74) is 0.264. The Morgan fingerprint density at radius 2 is 1.84 bits per heavy atom. The van der Waals surface area contributed by atoms with E-state index in [1.807, 2.05) is 12.2 Å². The molecule has 3 aliphatic rings. The van der Waals surface area contributed by atoms with Crippen LogP contribution in [0.25, 0.3) is 0 Å². The van der Waals surface area contributed by atoms with Gasteiger partial charge in [-0.15, -0.1) is 0 Å². The quantitative estimate of drug-likeness (QED) is 0.452. The zero-order valence-electron chi connectivity index (χ0n) is 17.2. The fraction of sp³-hybridized carbons (Fsp3) is 0.455. The van der Waals surface area contributed by atoms with Crippen LogP contribution in [0.1, 0.15) is 42.5 Å². The summed E-state index contributed by atoms with van der Waals surface area (Å²) in [5, 5.41) is 15.4. The number of ether oxygens (including phenoxy) is 1. The third kappa shape index (κ3) is 4.49. The second-order valence-electron chi connectivity index (χ2n) is 8.14. The van der Waals surface area contributed by atoms with Crippen LogP contribution in [-0.4, -0.2) is 64.2 Å². The second kappa shape index (κ2) is 9.30. The maximum atomic E-state index is 13.4. The third-order valence-electron chi connectivity index (χ3n) is 6.04. The highest BCUT2D eigenvalue weighted by Crippen LogP contribution is 2.30. The van der Waals surface area contributed by atoms with E-state index in [1.165, 1.54) is 4.90 Å². The molecule has 3 amide bonds. The monoisotopic (exact) mass is 461 g/mol. The normalized spacial score (nSPS) is 29.7. The molecule has 0 aromatic heterocycles. The molecule has 0 radical (unpaired) electrons. The number of esters is 1. The maximum absolute atomic E-state index is 13.4. The van der Waals surface area contributed by atoms with E-state index in [0.717, 1.165) is 0 Å². The topological polar surface area (TPSA) is 125 Å². The number of nitrogens with one attached hydrogen (secondary N) is 2. The maximum Gasteiger partial charge on any atom is 0.310 e. The first-order valence-corrected chi connectivity index (χ1v) is 10.9. The molecule has 0 aliphatic carbocycles. The van der Waals surface area contributed by atoms with Crippen molar-refractivity contribution in [2.75, 3.05) is 0 Å². The molecule has 1 aromatic carbocycles. The number of benzene rings is 1. The highest BCUT2D eigenvalue weighted by atomic mass is 35.5. The average molecular weight is 462 g/mol. The molecule has 0 spiro atoms. The van der Waals surface area contributed by atoms with Gasteiger partial charge in [0.2, 0.25) is 18.1 Å². The van der Waals surface area contributed by atoms with Gasteiger partial charge in [-0.25, -0.2) is 0 Å². The summed E-state index contributed by atoms with van der Waals surface area (Å²) in [5.74, 6) is -1.87. The molecule has 3 aliphatic heterocycles. The molecule has 0 saturated carbocycles. The average Bonchev–Trinajstić information content (AvgIpc) is 3.31. The van der Waals surface area contributed by atoms with Gasteiger partial charge in [0.25, 0.3) is 5.91 Å². The van der Waals surface area contributed by atoms with Crippen molar-refractivity contribution in [2.45, 2.75) is 62.6 Å². The van der Waals surface area contributed by atoms with E-state index in [4.69, 9.17) is 11.6 Å². The number of halogens is 1. The molecule has 3 N–H and O–H groups in total. The number of nitrogens with zero attached hydrogens (tertiary/aromatic N) is 1. The van der Waals surface area contributed by atoms with E-state index in [2.05, 4.69) is 15.4 Å². The first kappa shape index (κ1) is 22.3. The zero-order valence-corrected chi connectivity index (χ0v) is 18.0. The van der Waals surface area contributed by atoms with E-state index >= 15 is 0 Å². The van der Waals surface area contributed by atoms with Gasteiger partial charge in [0.15, 0.2) is 0 Å². The van der Waals surface area contributed by atoms with E-state index in [1.54, 1.807) is 24.3 Å². The van der Waals surface area contributed by atoms with Crippen molar-refractivity contribution < 1.29 is 29.0 Å². The Balaban J connectivity index is 1.50. The Morgan fingerprint density at radius 1 is 1.09 bits per heavy atom. The summed E-state index contributed by atoms with van der Waals surface area (Å²) >= 11 is 6.11. The number of amides is 3. The molecular formula is C22H24ClN3O6. The Bertz CT molecular complexity index is 967. The highest BCUT2D eigenvalue weighted by Gasteiger charge is 2.45. The molecule has 5 atom stereocenters. The summed E-state index contributed by atoms with van der Waals surface area (Å²) in [6, 6.07) is 3.92. The minimum atomic E-state index is -1.41. The molecule has 0 bridgehead atoms. The van der Waals surface area contributed by atoms with Crippen LogP contribution in [-0.2, 0) is 19.1 Å². The Hall–Kier alpha value is -2.91. The van der Waals surface area contributed by atoms with Crippen LogP contribution in [0.3, 0.4) is 0 Å². The van der Waals surface area contributed by atoms with Crippen LogP contribution in [0.4, 0.5) is 0 Å². The van der Waals surface area contributed by atoms with E-state index < -0.39 is 42.2 Å². The minimum Gasteiger partial charge on any atom is -0.434 e. The second-order valence-corrected chi connectivity index (χ2v) is 8.55. The van der Waals surface area contributed by atoms with Crippen molar-refractivity contribution in [2.24, 2.45) is 0 Å². The van der Waals surface area contributed by atoms with Gasteiger partial charge < -0.3 is 25.4 Å². The fourth-order valence-corrected chi connectivity index (χ4v) is 4.64. The molecule has 170 valence electrons. The number of rotatable bonds is 4. The van der Waals surface area contributed by atoms with Gasteiger partial charge in [-0.3, -0.25) is 19.2 Å². The van der Waals surface area contributed by atoms with Gasteiger partial charge in [0.1, 0.15) is 18.1 Å². The molecule has 4 rings (SSSR count).